The summed E-state index contributed by atoms with van der Waals surface area (Å²) in [5, 5.41) is 13.2. The highest BCUT2D eigenvalue weighted by Crippen LogP contribution is 2.26. The molecule has 0 radical (unpaired) electrons. The summed E-state index contributed by atoms with van der Waals surface area (Å²) in [5.74, 6) is 0.162. The van der Waals surface area contributed by atoms with E-state index >= 15 is 0 Å². The van der Waals surface area contributed by atoms with Crippen LogP contribution < -0.4 is 10.1 Å². The summed E-state index contributed by atoms with van der Waals surface area (Å²) in [6, 6.07) is 24.2. The Kier molecular flexibility index (Phi) is 6.27. The molecule has 0 aliphatic rings. The van der Waals surface area contributed by atoms with Crippen LogP contribution in [0.3, 0.4) is 0 Å². The first kappa shape index (κ1) is 20.6. The summed E-state index contributed by atoms with van der Waals surface area (Å²) in [5.41, 5.74) is 2.40. The summed E-state index contributed by atoms with van der Waals surface area (Å²) in [6.45, 7) is 0.350. The van der Waals surface area contributed by atoms with Crippen LogP contribution in [0.2, 0.25) is 5.02 Å². The lowest BCUT2D eigenvalue weighted by atomic mass is 10.1. The number of amides is 1. The van der Waals surface area contributed by atoms with Crippen molar-refractivity contribution in [3.8, 4) is 11.8 Å². The van der Waals surface area contributed by atoms with E-state index in [1.165, 1.54) is 17.4 Å². The Hall–Kier alpha value is -3.66. The summed E-state index contributed by atoms with van der Waals surface area (Å²) >= 11 is 7.50. The van der Waals surface area contributed by atoms with E-state index in [0.717, 1.165) is 15.8 Å². The molecule has 0 saturated heterocycles. The van der Waals surface area contributed by atoms with Crippen molar-refractivity contribution in [2.24, 2.45) is 0 Å². The molecule has 0 bridgehead atoms. The standard InChI is InChI=1S/C24H16ClN3O2S/c25-20-6-2-1-5-17(20)15-30-19-11-9-16(10-12-19)13-18(14-26)23(29)28-24-27-21-7-3-4-8-22(21)31-24/h1-13H,15H2,(H,27,28,29)/b18-13+. The first-order valence-corrected chi connectivity index (χ1v) is 10.6. The Morgan fingerprint density at radius 3 is 2.58 bits per heavy atom. The second kappa shape index (κ2) is 9.43. The van der Waals surface area contributed by atoms with Gasteiger partial charge in [0.1, 0.15) is 24.0 Å². The number of hydrogen-bond acceptors (Lipinski definition) is 5. The molecule has 1 amide bonds. The summed E-state index contributed by atoms with van der Waals surface area (Å²) in [6.07, 6.45) is 1.53. The Labute approximate surface area is 188 Å². The minimum atomic E-state index is -0.499. The minimum absolute atomic E-state index is 0.0102. The van der Waals surface area contributed by atoms with Crippen LogP contribution in [0.5, 0.6) is 5.75 Å². The average molecular weight is 446 g/mol. The number of hydrogen-bond donors (Lipinski definition) is 1. The highest BCUT2D eigenvalue weighted by atomic mass is 35.5. The summed E-state index contributed by atoms with van der Waals surface area (Å²) in [4.78, 5) is 16.9. The van der Waals surface area contributed by atoms with Crippen molar-refractivity contribution < 1.29 is 9.53 Å². The number of rotatable bonds is 6. The number of carbonyl (C=O) groups excluding carboxylic acids is 1. The van der Waals surface area contributed by atoms with Gasteiger partial charge in [0.15, 0.2) is 5.13 Å². The van der Waals surface area contributed by atoms with Crippen LogP contribution in [0.25, 0.3) is 16.3 Å². The van der Waals surface area contributed by atoms with Crippen LogP contribution in [-0.2, 0) is 11.4 Å². The van der Waals surface area contributed by atoms with Crippen molar-refractivity contribution in [3.05, 3.63) is 94.5 Å². The molecule has 7 heteroatoms. The van der Waals surface area contributed by atoms with Crippen LogP contribution in [0.4, 0.5) is 5.13 Å². The highest BCUT2D eigenvalue weighted by molar-refractivity contribution is 7.22. The zero-order valence-electron chi connectivity index (χ0n) is 16.2. The van der Waals surface area contributed by atoms with Gasteiger partial charge in [-0.25, -0.2) is 4.98 Å². The molecule has 0 atom stereocenters. The van der Waals surface area contributed by atoms with Crippen molar-refractivity contribution in [1.82, 2.24) is 4.98 Å². The lowest BCUT2D eigenvalue weighted by Gasteiger charge is -2.08. The van der Waals surface area contributed by atoms with Gasteiger partial charge in [-0.2, -0.15) is 5.26 Å². The van der Waals surface area contributed by atoms with E-state index in [0.29, 0.717) is 28.1 Å². The number of aromatic nitrogens is 1. The van der Waals surface area contributed by atoms with Crippen molar-refractivity contribution >= 4 is 50.3 Å². The van der Waals surface area contributed by atoms with Gasteiger partial charge in [0.25, 0.3) is 5.91 Å². The first-order valence-electron chi connectivity index (χ1n) is 9.37. The lowest BCUT2D eigenvalue weighted by Crippen LogP contribution is -2.13. The molecule has 152 valence electrons. The molecule has 0 aliphatic heterocycles. The average Bonchev–Trinajstić information content (AvgIpc) is 3.20. The number of thiazole rings is 1. The molecule has 0 spiro atoms. The number of carbonyl (C=O) groups is 1. The molecular weight excluding hydrogens is 430 g/mol. The van der Waals surface area contributed by atoms with E-state index in [-0.39, 0.29) is 5.57 Å². The smallest absolute Gasteiger partial charge is 0.268 e. The Balaban J connectivity index is 1.42. The van der Waals surface area contributed by atoms with Crippen molar-refractivity contribution in [1.29, 1.82) is 5.26 Å². The van der Waals surface area contributed by atoms with Gasteiger partial charge < -0.3 is 4.74 Å². The number of ether oxygens (including phenoxy) is 1. The van der Waals surface area contributed by atoms with E-state index in [1.54, 1.807) is 24.3 Å². The van der Waals surface area contributed by atoms with E-state index in [2.05, 4.69) is 10.3 Å². The van der Waals surface area contributed by atoms with Crippen LogP contribution in [0.15, 0.2) is 78.4 Å². The first-order chi connectivity index (χ1) is 15.1. The molecule has 0 aliphatic carbocycles. The molecule has 5 nitrogen and oxygen atoms in total. The van der Waals surface area contributed by atoms with Gasteiger partial charge in [0, 0.05) is 10.6 Å². The van der Waals surface area contributed by atoms with Gasteiger partial charge in [-0.05, 0) is 42.0 Å². The van der Waals surface area contributed by atoms with Gasteiger partial charge in [0.2, 0.25) is 0 Å². The second-order valence-electron chi connectivity index (χ2n) is 6.56. The minimum Gasteiger partial charge on any atom is -0.489 e. The Morgan fingerprint density at radius 2 is 1.84 bits per heavy atom. The number of nitrogens with one attached hydrogen (secondary N) is 1. The zero-order chi connectivity index (χ0) is 21.6. The summed E-state index contributed by atoms with van der Waals surface area (Å²) < 4.78 is 6.72. The molecular formula is C24H16ClN3O2S. The largest absolute Gasteiger partial charge is 0.489 e. The lowest BCUT2D eigenvalue weighted by molar-refractivity contribution is -0.112. The maximum Gasteiger partial charge on any atom is 0.268 e. The third kappa shape index (κ3) is 5.10. The third-order valence-electron chi connectivity index (χ3n) is 4.42. The van der Waals surface area contributed by atoms with Gasteiger partial charge in [-0.15, -0.1) is 0 Å². The van der Waals surface area contributed by atoms with Crippen molar-refractivity contribution in [2.45, 2.75) is 6.61 Å². The maximum atomic E-state index is 12.5. The normalized spacial score (nSPS) is 11.2. The SMILES string of the molecule is N#C/C(=C\c1ccc(OCc2ccccc2Cl)cc1)C(=O)Nc1nc2ccccc2s1. The van der Waals surface area contributed by atoms with E-state index in [1.807, 2.05) is 54.6 Å². The Bertz CT molecular complexity index is 1270. The van der Waals surface area contributed by atoms with Crippen molar-refractivity contribution in [2.75, 3.05) is 5.32 Å². The second-order valence-corrected chi connectivity index (χ2v) is 8.00. The van der Waals surface area contributed by atoms with E-state index in [9.17, 15) is 10.1 Å². The van der Waals surface area contributed by atoms with Crippen LogP contribution in [0, 0.1) is 11.3 Å². The number of fused-ring (bicyclic) bond motifs is 1. The number of para-hydroxylation sites is 1. The fourth-order valence-corrected chi connectivity index (χ4v) is 3.89. The quantitative estimate of drug-likeness (QED) is 0.288. The number of benzene rings is 3. The van der Waals surface area contributed by atoms with E-state index in [4.69, 9.17) is 16.3 Å². The van der Waals surface area contributed by atoms with Gasteiger partial charge in [-0.3, -0.25) is 10.1 Å². The molecule has 0 fully saturated rings. The van der Waals surface area contributed by atoms with Crippen LogP contribution >= 0.6 is 22.9 Å². The number of nitrogens with zero attached hydrogens (tertiary/aromatic N) is 2. The molecule has 3 aromatic carbocycles. The van der Waals surface area contributed by atoms with E-state index < -0.39 is 5.91 Å². The Morgan fingerprint density at radius 1 is 1.10 bits per heavy atom. The third-order valence-corrected chi connectivity index (χ3v) is 5.74. The van der Waals surface area contributed by atoms with Gasteiger partial charge in [-0.1, -0.05) is 65.4 Å². The monoisotopic (exact) mass is 445 g/mol. The molecule has 0 saturated carbocycles. The molecule has 4 aromatic rings. The maximum absolute atomic E-state index is 12.5. The summed E-state index contributed by atoms with van der Waals surface area (Å²) in [7, 11) is 0. The number of nitriles is 1. The molecule has 1 heterocycles. The predicted molar refractivity (Wildman–Crippen MR) is 124 cm³/mol. The zero-order valence-corrected chi connectivity index (χ0v) is 17.8. The van der Waals surface area contributed by atoms with Crippen LogP contribution in [0.1, 0.15) is 11.1 Å². The topological polar surface area (TPSA) is 75.0 Å². The van der Waals surface area contributed by atoms with Crippen LogP contribution in [-0.4, -0.2) is 10.9 Å². The predicted octanol–water partition coefficient (Wildman–Crippen LogP) is 6.07. The molecule has 1 N–H and O–H groups in total. The number of anilines is 1. The van der Waals surface area contributed by atoms with Gasteiger partial charge >= 0.3 is 0 Å². The molecule has 0 unspecified atom stereocenters. The number of halogens is 1. The van der Waals surface area contributed by atoms with Gasteiger partial charge in [0.05, 0.1) is 10.2 Å². The molecule has 31 heavy (non-hydrogen) atoms. The fourth-order valence-electron chi connectivity index (χ4n) is 2.84. The fraction of sp³-hybridized carbons (Fsp3) is 0.0417. The molecule has 1 aromatic heterocycles. The molecule has 4 rings (SSSR count). The van der Waals surface area contributed by atoms with Crippen molar-refractivity contribution in [3.63, 3.8) is 0 Å². The highest BCUT2D eigenvalue weighted by Gasteiger charge is 2.12.